The van der Waals surface area contributed by atoms with Crippen molar-refractivity contribution in [3.63, 3.8) is 0 Å². The Morgan fingerprint density at radius 2 is 2.16 bits per heavy atom. The van der Waals surface area contributed by atoms with E-state index < -0.39 is 0 Å². The molecular formula is C14H24N4O. The first-order chi connectivity index (χ1) is 9.06. The number of rotatable bonds is 3. The van der Waals surface area contributed by atoms with Gasteiger partial charge in [-0.05, 0) is 26.9 Å². The lowest BCUT2D eigenvalue weighted by molar-refractivity contribution is 0.224. The van der Waals surface area contributed by atoms with Crippen LogP contribution < -0.4 is 10.5 Å². The monoisotopic (exact) mass is 264 g/mol. The summed E-state index contributed by atoms with van der Waals surface area (Å²) in [4.78, 5) is 11.3. The molecule has 0 amide bonds. The molecule has 0 saturated carbocycles. The Labute approximate surface area is 115 Å². The van der Waals surface area contributed by atoms with E-state index in [0.717, 1.165) is 43.0 Å². The van der Waals surface area contributed by atoms with Crippen LogP contribution in [0.4, 0.5) is 0 Å². The number of nitrogens with two attached hydrogens (primary N) is 1. The molecule has 2 N–H and O–H groups in total. The molecule has 2 atom stereocenters. The van der Waals surface area contributed by atoms with Gasteiger partial charge < -0.3 is 15.4 Å². The van der Waals surface area contributed by atoms with Crippen molar-refractivity contribution in [3.8, 4) is 5.88 Å². The fraction of sp³-hybridized carbons (Fsp3) is 0.714. The van der Waals surface area contributed by atoms with Crippen molar-refractivity contribution in [2.75, 3.05) is 27.2 Å². The van der Waals surface area contributed by atoms with Gasteiger partial charge in [0.15, 0.2) is 0 Å². The average molecular weight is 264 g/mol. The third kappa shape index (κ3) is 2.87. The average Bonchev–Trinajstić information content (AvgIpc) is 2.39. The van der Waals surface area contributed by atoms with Crippen LogP contribution in [0.2, 0.25) is 0 Å². The summed E-state index contributed by atoms with van der Waals surface area (Å²) >= 11 is 0. The van der Waals surface area contributed by atoms with Crippen LogP contribution in [0.3, 0.4) is 0 Å². The zero-order valence-electron chi connectivity index (χ0n) is 12.3. The van der Waals surface area contributed by atoms with Gasteiger partial charge in [-0.25, -0.2) is 4.98 Å². The second-order valence-electron chi connectivity index (χ2n) is 5.32. The molecule has 0 aliphatic carbocycles. The van der Waals surface area contributed by atoms with E-state index in [1.807, 2.05) is 6.92 Å². The van der Waals surface area contributed by atoms with Gasteiger partial charge in [0.2, 0.25) is 5.88 Å². The smallest absolute Gasteiger partial charge is 0.220 e. The van der Waals surface area contributed by atoms with Gasteiger partial charge in [0, 0.05) is 36.2 Å². The van der Waals surface area contributed by atoms with E-state index in [-0.39, 0.29) is 12.0 Å². The van der Waals surface area contributed by atoms with E-state index in [1.54, 1.807) is 7.11 Å². The summed E-state index contributed by atoms with van der Waals surface area (Å²) in [5, 5.41) is 0. The fourth-order valence-electron chi connectivity index (χ4n) is 2.86. The zero-order valence-corrected chi connectivity index (χ0v) is 12.3. The van der Waals surface area contributed by atoms with Gasteiger partial charge >= 0.3 is 0 Å². The summed E-state index contributed by atoms with van der Waals surface area (Å²) in [6, 6.07) is 0.113. The molecule has 5 heteroatoms. The van der Waals surface area contributed by atoms with Gasteiger partial charge in [-0.15, -0.1) is 0 Å². The number of ether oxygens (including phenoxy) is 1. The highest BCUT2D eigenvalue weighted by atomic mass is 16.5. The number of likely N-dealkylation sites (tertiary alicyclic amines) is 1. The van der Waals surface area contributed by atoms with Crippen LogP contribution in [0.5, 0.6) is 5.88 Å². The summed E-state index contributed by atoms with van der Waals surface area (Å²) < 4.78 is 5.48. The van der Waals surface area contributed by atoms with Crippen molar-refractivity contribution in [1.29, 1.82) is 0 Å². The normalized spacial score (nSPS) is 24.5. The second-order valence-corrected chi connectivity index (χ2v) is 5.32. The van der Waals surface area contributed by atoms with Crippen molar-refractivity contribution in [1.82, 2.24) is 14.9 Å². The molecule has 1 aromatic rings. The maximum Gasteiger partial charge on any atom is 0.220 e. The van der Waals surface area contributed by atoms with Gasteiger partial charge in [0.05, 0.1) is 7.11 Å². The number of hydrogen-bond acceptors (Lipinski definition) is 5. The van der Waals surface area contributed by atoms with Crippen LogP contribution >= 0.6 is 0 Å². The van der Waals surface area contributed by atoms with E-state index in [1.165, 1.54) is 0 Å². The molecule has 0 radical (unpaired) electrons. The molecular weight excluding hydrogens is 240 g/mol. The van der Waals surface area contributed by atoms with Crippen LogP contribution in [-0.2, 0) is 6.42 Å². The Kier molecular flexibility index (Phi) is 4.37. The number of likely N-dealkylation sites (N-methyl/N-ethyl adjacent to an activating group) is 1. The standard InChI is InChI=1S/C14H24N4O/c1-5-12-16-9(2)13(14(17-12)19-4)10-6-7-18(3)8-11(10)15/h10-11H,5-8,15H2,1-4H3. The van der Waals surface area contributed by atoms with Crippen LogP contribution in [-0.4, -0.2) is 48.2 Å². The molecule has 106 valence electrons. The summed E-state index contributed by atoms with van der Waals surface area (Å²) in [5.74, 6) is 1.83. The second kappa shape index (κ2) is 5.84. The maximum absolute atomic E-state index is 6.31. The predicted molar refractivity (Wildman–Crippen MR) is 75.5 cm³/mol. The molecule has 1 aromatic heterocycles. The number of hydrogen-bond donors (Lipinski definition) is 1. The van der Waals surface area contributed by atoms with E-state index in [2.05, 4.69) is 28.8 Å². The highest BCUT2D eigenvalue weighted by molar-refractivity contribution is 5.35. The highest BCUT2D eigenvalue weighted by Crippen LogP contribution is 2.34. The first kappa shape index (κ1) is 14.2. The van der Waals surface area contributed by atoms with Crippen molar-refractivity contribution in [2.45, 2.75) is 38.6 Å². The molecule has 1 aliphatic heterocycles. The van der Waals surface area contributed by atoms with E-state index in [0.29, 0.717) is 5.88 Å². The van der Waals surface area contributed by atoms with E-state index >= 15 is 0 Å². The minimum atomic E-state index is 0.113. The van der Waals surface area contributed by atoms with Crippen molar-refractivity contribution >= 4 is 0 Å². The minimum Gasteiger partial charge on any atom is -0.481 e. The predicted octanol–water partition coefficient (Wildman–Crippen LogP) is 1.10. The highest BCUT2D eigenvalue weighted by Gasteiger charge is 2.30. The molecule has 0 bridgehead atoms. The summed E-state index contributed by atoms with van der Waals surface area (Å²) in [6.45, 7) is 6.04. The summed E-state index contributed by atoms with van der Waals surface area (Å²) in [7, 11) is 3.78. The molecule has 1 saturated heterocycles. The molecule has 1 aliphatic rings. The van der Waals surface area contributed by atoms with Gasteiger partial charge in [-0.1, -0.05) is 6.92 Å². The van der Waals surface area contributed by atoms with E-state index in [9.17, 15) is 0 Å². The number of aromatic nitrogens is 2. The molecule has 2 heterocycles. The van der Waals surface area contributed by atoms with Gasteiger partial charge in [-0.3, -0.25) is 0 Å². The Balaban J connectivity index is 2.38. The van der Waals surface area contributed by atoms with Crippen LogP contribution in [0.1, 0.15) is 36.3 Å². The first-order valence-corrected chi connectivity index (χ1v) is 6.92. The number of methoxy groups -OCH3 is 1. The number of nitrogens with zero attached hydrogens (tertiary/aromatic N) is 3. The third-order valence-corrected chi connectivity index (χ3v) is 3.89. The lowest BCUT2D eigenvalue weighted by atomic mass is 9.85. The zero-order chi connectivity index (χ0) is 14.0. The van der Waals surface area contributed by atoms with Crippen LogP contribution in [0.25, 0.3) is 0 Å². The Hall–Kier alpha value is -1.20. The summed E-state index contributed by atoms with van der Waals surface area (Å²) in [6.07, 6.45) is 1.85. The topological polar surface area (TPSA) is 64.3 Å². The molecule has 19 heavy (non-hydrogen) atoms. The molecule has 2 unspecified atom stereocenters. The Morgan fingerprint density at radius 3 is 2.74 bits per heavy atom. The Bertz CT molecular complexity index is 449. The number of piperidine rings is 1. The van der Waals surface area contributed by atoms with E-state index in [4.69, 9.17) is 10.5 Å². The van der Waals surface area contributed by atoms with Crippen LogP contribution in [0, 0.1) is 6.92 Å². The minimum absolute atomic E-state index is 0.113. The number of aryl methyl sites for hydroxylation is 2. The Morgan fingerprint density at radius 1 is 1.42 bits per heavy atom. The van der Waals surface area contributed by atoms with Crippen molar-refractivity contribution in [3.05, 3.63) is 17.1 Å². The SMILES string of the molecule is CCc1nc(C)c(C2CCN(C)CC2N)c(OC)n1. The van der Waals surface area contributed by atoms with Gasteiger partial charge in [-0.2, -0.15) is 4.98 Å². The van der Waals surface area contributed by atoms with Crippen molar-refractivity contribution in [2.24, 2.45) is 5.73 Å². The molecule has 0 aromatic carbocycles. The molecule has 1 fully saturated rings. The lowest BCUT2D eigenvalue weighted by Gasteiger charge is -2.35. The maximum atomic E-state index is 6.31. The fourth-order valence-corrected chi connectivity index (χ4v) is 2.86. The molecule has 2 rings (SSSR count). The summed E-state index contributed by atoms with van der Waals surface area (Å²) in [5.41, 5.74) is 8.42. The molecule has 0 spiro atoms. The van der Waals surface area contributed by atoms with Crippen molar-refractivity contribution < 1.29 is 4.74 Å². The lowest BCUT2D eigenvalue weighted by Crippen LogP contribution is -2.46. The largest absolute Gasteiger partial charge is 0.481 e. The molecule has 5 nitrogen and oxygen atoms in total. The van der Waals surface area contributed by atoms with Crippen LogP contribution in [0.15, 0.2) is 0 Å². The quantitative estimate of drug-likeness (QED) is 0.885. The first-order valence-electron chi connectivity index (χ1n) is 6.92. The van der Waals surface area contributed by atoms with Gasteiger partial charge in [0.25, 0.3) is 0 Å². The van der Waals surface area contributed by atoms with Gasteiger partial charge in [0.1, 0.15) is 5.82 Å². The third-order valence-electron chi connectivity index (χ3n) is 3.89.